The van der Waals surface area contributed by atoms with Crippen molar-refractivity contribution in [2.24, 2.45) is 0 Å². The van der Waals surface area contributed by atoms with E-state index in [-0.39, 0.29) is 12.5 Å². The molecule has 1 amide bonds. The molecule has 0 atom stereocenters. The Labute approximate surface area is 105 Å². The molecule has 0 heterocycles. The summed E-state index contributed by atoms with van der Waals surface area (Å²) in [5, 5.41) is 11.0. The summed E-state index contributed by atoms with van der Waals surface area (Å²) in [6, 6.07) is 6.89. The highest BCUT2D eigenvalue weighted by molar-refractivity contribution is 5.97. The van der Waals surface area contributed by atoms with E-state index >= 15 is 0 Å². The minimum atomic E-state index is -1.04. The Balaban J connectivity index is 2.63. The number of carboxylic acids is 1. The summed E-state index contributed by atoms with van der Waals surface area (Å²) >= 11 is 0. The molecule has 1 aromatic carbocycles. The molecule has 0 fully saturated rings. The van der Waals surface area contributed by atoms with Crippen LogP contribution in [-0.2, 0) is 4.79 Å². The molecule has 0 aromatic heterocycles. The number of hydrogen-bond acceptors (Lipinski definition) is 3. The predicted molar refractivity (Wildman–Crippen MR) is 66.7 cm³/mol. The number of ether oxygens (including phenoxy) is 1. The van der Waals surface area contributed by atoms with Gasteiger partial charge < -0.3 is 15.2 Å². The molecule has 0 spiro atoms. The van der Waals surface area contributed by atoms with E-state index in [2.05, 4.69) is 5.32 Å². The third kappa shape index (κ3) is 4.29. The van der Waals surface area contributed by atoms with Gasteiger partial charge in [-0.15, -0.1) is 0 Å². The van der Waals surface area contributed by atoms with Gasteiger partial charge in [0.25, 0.3) is 5.91 Å². The van der Waals surface area contributed by atoms with Crippen LogP contribution in [0.2, 0.25) is 0 Å². The number of carbonyl (C=O) groups excluding carboxylic acids is 1. The minimum absolute atomic E-state index is 0.158. The quantitative estimate of drug-likeness (QED) is 0.748. The molecular formula is C13H15NO4. The zero-order valence-electron chi connectivity index (χ0n) is 10.1. The van der Waals surface area contributed by atoms with Crippen molar-refractivity contribution in [3.05, 3.63) is 42.0 Å². The summed E-state index contributed by atoms with van der Waals surface area (Å²) in [6.45, 7) is 2.47. The number of hydrogen-bond donors (Lipinski definition) is 2. The smallest absolute Gasteiger partial charge is 0.328 e. The number of aliphatic carboxylic acids is 1. The molecule has 0 radical (unpaired) electrons. The van der Waals surface area contributed by atoms with Crippen molar-refractivity contribution in [3.63, 3.8) is 0 Å². The van der Waals surface area contributed by atoms with E-state index in [1.54, 1.807) is 24.3 Å². The molecule has 1 aromatic rings. The van der Waals surface area contributed by atoms with Crippen molar-refractivity contribution >= 4 is 11.9 Å². The summed E-state index contributed by atoms with van der Waals surface area (Å²) < 4.78 is 5.33. The van der Waals surface area contributed by atoms with E-state index in [0.29, 0.717) is 17.9 Å². The van der Waals surface area contributed by atoms with Gasteiger partial charge in [0.15, 0.2) is 0 Å². The number of rotatable bonds is 6. The maximum atomic E-state index is 11.8. The first-order chi connectivity index (χ1) is 8.65. The third-order valence-electron chi connectivity index (χ3n) is 2.07. The van der Waals surface area contributed by atoms with Gasteiger partial charge >= 0.3 is 5.97 Å². The van der Waals surface area contributed by atoms with E-state index in [0.717, 1.165) is 6.08 Å². The topological polar surface area (TPSA) is 75.6 Å². The van der Waals surface area contributed by atoms with Crippen LogP contribution in [0.3, 0.4) is 0 Å². The van der Waals surface area contributed by atoms with Crippen LogP contribution in [0, 0.1) is 0 Å². The first-order valence-electron chi connectivity index (χ1n) is 5.54. The molecule has 0 saturated carbocycles. The summed E-state index contributed by atoms with van der Waals surface area (Å²) in [4.78, 5) is 22.0. The number of amides is 1. The van der Waals surface area contributed by atoms with Gasteiger partial charge in [-0.3, -0.25) is 4.79 Å². The molecule has 0 unspecified atom stereocenters. The predicted octanol–water partition coefficient (Wildman–Crippen LogP) is 1.46. The van der Waals surface area contributed by atoms with Crippen molar-refractivity contribution in [3.8, 4) is 5.75 Å². The molecule has 1 rings (SSSR count). The number of benzene rings is 1. The Morgan fingerprint density at radius 1 is 1.39 bits per heavy atom. The van der Waals surface area contributed by atoms with E-state index in [1.807, 2.05) is 6.92 Å². The number of carboxylic acid groups (broad SMARTS) is 1. The molecule has 0 aliphatic heterocycles. The standard InChI is InChI=1S/C13H15NO4/c1-2-18-11-7-4-3-6-10(11)13(17)14-9-5-8-12(15)16/h3-8H,2,9H2,1H3,(H,14,17)(H,15,16)/b8-5+. The van der Waals surface area contributed by atoms with Crippen molar-refractivity contribution in [2.45, 2.75) is 6.92 Å². The molecule has 5 nitrogen and oxygen atoms in total. The van der Waals surface area contributed by atoms with Gasteiger partial charge in [-0.05, 0) is 19.1 Å². The van der Waals surface area contributed by atoms with Crippen LogP contribution < -0.4 is 10.1 Å². The fourth-order valence-corrected chi connectivity index (χ4v) is 1.34. The van der Waals surface area contributed by atoms with Crippen LogP contribution >= 0.6 is 0 Å². The lowest BCUT2D eigenvalue weighted by atomic mass is 10.2. The largest absolute Gasteiger partial charge is 0.493 e. The summed E-state index contributed by atoms with van der Waals surface area (Å²) in [5.74, 6) is -0.826. The fourth-order valence-electron chi connectivity index (χ4n) is 1.34. The Kier molecular flexibility index (Phi) is 5.44. The molecule has 2 N–H and O–H groups in total. The molecule has 18 heavy (non-hydrogen) atoms. The van der Waals surface area contributed by atoms with Gasteiger partial charge in [-0.1, -0.05) is 18.2 Å². The molecular weight excluding hydrogens is 234 g/mol. The van der Waals surface area contributed by atoms with E-state index in [4.69, 9.17) is 9.84 Å². The summed E-state index contributed by atoms with van der Waals surface area (Å²) in [5.41, 5.74) is 0.433. The SMILES string of the molecule is CCOc1ccccc1C(=O)NC/C=C/C(=O)O. The van der Waals surface area contributed by atoms with Crippen molar-refractivity contribution in [2.75, 3.05) is 13.2 Å². The van der Waals surface area contributed by atoms with Crippen LogP contribution in [0.1, 0.15) is 17.3 Å². The summed E-state index contributed by atoms with van der Waals surface area (Å²) in [7, 11) is 0. The van der Waals surface area contributed by atoms with Crippen molar-refractivity contribution in [1.29, 1.82) is 0 Å². The first kappa shape index (κ1) is 13.8. The van der Waals surface area contributed by atoms with Crippen LogP contribution in [0.15, 0.2) is 36.4 Å². The minimum Gasteiger partial charge on any atom is -0.493 e. The van der Waals surface area contributed by atoms with E-state index in [9.17, 15) is 9.59 Å². The maximum absolute atomic E-state index is 11.8. The maximum Gasteiger partial charge on any atom is 0.328 e. The molecule has 0 bridgehead atoms. The fraction of sp³-hybridized carbons (Fsp3) is 0.231. The van der Waals surface area contributed by atoms with Gasteiger partial charge in [0.2, 0.25) is 0 Å². The lowest BCUT2D eigenvalue weighted by Gasteiger charge is -2.09. The lowest BCUT2D eigenvalue weighted by Crippen LogP contribution is -2.24. The van der Waals surface area contributed by atoms with E-state index in [1.165, 1.54) is 6.08 Å². The van der Waals surface area contributed by atoms with Gasteiger partial charge in [-0.2, -0.15) is 0 Å². The van der Waals surface area contributed by atoms with Crippen LogP contribution in [-0.4, -0.2) is 30.1 Å². The van der Waals surface area contributed by atoms with E-state index < -0.39 is 5.97 Å². The van der Waals surface area contributed by atoms with Gasteiger partial charge in [-0.25, -0.2) is 4.79 Å². The Morgan fingerprint density at radius 2 is 2.11 bits per heavy atom. The van der Waals surface area contributed by atoms with Crippen LogP contribution in [0.5, 0.6) is 5.75 Å². The number of para-hydroxylation sites is 1. The van der Waals surface area contributed by atoms with Gasteiger partial charge in [0.1, 0.15) is 5.75 Å². The highest BCUT2D eigenvalue weighted by Crippen LogP contribution is 2.17. The molecule has 0 saturated heterocycles. The van der Waals surface area contributed by atoms with Crippen LogP contribution in [0.25, 0.3) is 0 Å². The zero-order chi connectivity index (χ0) is 13.4. The highest BCUT2D eigenvalue weighted by Gasteiger charge is 2.10. The normalized spacial score (nSPS) is 10.3. The van der Waals surface area contributed by atoms with Crippen molar-refractivity contribution < 1.29 is 19.4 Å². The first-order valence-corrected chi connectivity index (χ1v) is 5.54. The highest BCUT2D eigenvalue weighted by atomic mass is 16.5. The molecule has 0 aliphatic carbocycles. The second-order valence-electron chi connectivity index (χ2n) is 3.38. The second-order valence-corrected chi connectivity index (χ2v) is 3.38. The van der Waals surface area contributed by atoms with Gasteiger partial charge in [0.05, 0.1) is 12.2 Å². The average molecular weight is 249 g/mol. The van der Waals surface area contributed by atoms with Crippen LogP contribution in [0.4, 0.5) is 0 Å². The molecule has 5 heteroatoms. The zero-order valence-corrected chi connectivity index (χ0v) is 10.1. The molecule has 0 aliphatic rings. The van der Waals surface area contributed by atoms with Crippen molar-refractivity contribution in [1.82, 2.24) is 5.32 Å². The molecule has 96 valence electrons. The van der Waals surface area contributed by atoms with Gasteiger partial charge in [0, 0.05) is 12.6 Å². The second kappa shape index (κ2) is 7.11. The Morgan fingerprint density at radius 3 is 2.78 bits per heavy atom. The monoisotopic (exact) mass is 249 g/mol. The Bertz CT molecular complexity index is 454. The average Bonchev–Trinajstić information content (AvgIpc) is 2.35. The number of carbonyl (C=O) groups is 2. The lowest BCUT2D eigenvalue weighted by molar-refractivity contribution is -0.131. The number of nitrogens with one attached hydrogen (secondary N) is 1. The summed E-state index contributed by atoms with van der Waals surface area (Å²) in [6.07, 6.45) is 2.35. The Hall–Kier alpha value is -2.30. The third-order valence-corrected chi connectivity index (χ3v) is 2.07.